The molecule has 1 saturated heterocycles. The molecule has 2 N–H and O–H groups in total. The average molecular weight is 566 g/mol. The van der Waals surface area contributed by atoms with Crippen LogP contribution in [0.3, 0.4) is 0 Å². The number of hydrogen-bond donors (Lipinski definition) is 2. The van der Waals surface area contributed by atoms with Crippen molar-refractivity contribution in [1.82, 2.24) is 15.8 Å². The summed E-state index contributed by atoms with van der Waals surface area (Å²) in [6, 6.07) is 23.0. The minimum atomic E-state index is -1.17. The zero-order valence-corrected chi connectivity index (χ0v) is 23.3. The number of hydrazine groups is 1. The van der Waals surface area contributed by atoms with Gasteiger partial charge in [-0.3, -0.25) is 34.9 Å². The maximum atomic E-state index is 14.1. The van der Waals surface area contributed by atoms with Gasteiger partial charge in [-0.15, -0.1) is 0 Å². The molecular formula is C33H31N3O6. The summed E-state index contributed by atoms with van der Waals surface area (Å²) in [5, 5.41) is 0. The van der Waals surface area contributed by atoms with Gasteiger partial charge in [0.05, 0.1) is 11.8 Å². The Kier molecular flexibility index (Phi) is 7.10. The molecule has 2 bridgehead atoms. The molecule has 1 fully saturated rings. The Bertz CT molecular complexity index is 1470. The standard InChI is InChI=1S/C33H31N3O6/c1-18(2)16-24(33(41)42-17-25(37)34-35-30(38)19-10-4-3-5-11-19)36-31(39)28-26-20-12-6-7-13-21(20)27(29(28)32(36)40)23-15-9-8-14-22(23)26/h3-15,18,24,26-29H,16-17H2,1-2H3,(H,34,37)(H,35,38)/t24-,26?,27?,28-,29-/m1/s1. The molecule has 7 rings (SSSR count). The Morgan fingerprint density at radius 1 is 0.738 bits per heavy atom. The van der Waals surface area contributed by atoms with Crippen molar-refractivity contribution in [2.75, 3.05) is 6.61 Å². The van der Waals surface area contributed by atoms with Crippen LogP contribution in [0.25, 0.3) is 0 Å². The maximum absolute atomic E-state index is 14.1. The molecule has 0 radical (unpaired) electrons. The number of hydrogen-bond acceptors (Lipinski definition) is 6. The van der Waals surface area contributed by atoms with Gasteiger partial charge in [-0.2, -0.15) is 0 Å². The lowest BCUT2D eigenvalue weighted by Crippen LogP contribution is -2.48. The van der Waals surface area contributed by atoms with Crippen molar-refractivity contribution in [2.24, 2.45) is 17.8 Å². The molecule has 0 spiro atoms. The average Bonchev–Trinajstić information content (AvgIpc) is 3.27. The summed E-state index contributed by atoms with van der Waals surface area (Å²) in [7, 11) is 0. The highest BCUT2D eigenvalue weighted by Crippen LogP contribution is 2.61. The second-order valence-electron chi connectivity index (χ2n) is 11.4. The molecule has 3 aromatic carbocycles. The lowest BCUT2D eigenvalue weighted by molar-refractivity contribution is -0.161. The highest BCUT2D eigenvalue weighted by molar-refractivity contribution is 6.10. The van der Waals surface area contributed by atoms with E-state index in [1.54, 1.807) is 30.3 Å². The lowest BCUT2D eigenvalue weighted by atomic mass is 9.55. The summed E-state index contributed by atoms with van der Waals surface area (Å²) in [6.45, 7) is 3.09. The normalized spacial score (nSPS) is 22.2. The molecule has 4 amide bonds. The topological polar surface area (TPSA) is 122 Å². The molecular weight excluding hydrogens is 534 g/mol. The van der Waals surface area contributed by atoms with E-state index in [1.807, 2.05) is 62.4 Å². The molecule has 42 heavy (non-hydrogen) atoms. The Hall–Kier alpha value is -4.79. The van der Waals surface area contributed by atoms with Crippen molar-refractivity contribution < 1.29 is 28.7 Å². The van der Waals surface area contributed by atoms with E-state index in [9.17, 15) is 24.0 Å². The molecule has 1 heterocycles. The molecule has 0 aromatic heterocycles. The van der Waals surface area contributed by atoms with Crippen LogP contribution in [-0.4, -0.2) is 47.1 Å². The van der Waals surface area contributed by atoms with Crippen molar-refractivity contribution in [3.8, 4) is 0 Å². The minimum absolute atomic E-state index is 0.0455. The molecule has 4 aliphatic rings. The van der Waals surface area contributed by atoms with Crippen molar-refractivity contribution in [1.29, 1.82) is 0 Å². The predicted octanol–water partition coefficient (Wildman–Crippen LogP) is 3.30. The largest absolute Gasteiger partial charge is 0.454 e. The van der Waals surface area contributed by atoms with Crippen LogP contribution in [0.5, 0.6) is 0 Å². The third kappa shape index (κ3) is 4.55. The van der Waals surface area contributed by atoms with E-state index in [2.05, 4.69) is 10.9 Å². The van der Waals surface area contributed by atoms with E-state index >= 15 is 0 Å². The van der Waals surface area contributed by atoms with Gasteiger partial charge in [0.25, 0.3) is 11.8 Å². The Balaban J connectivity index is 1.21. The smallest absolute Gasteiger partial charge is 0.329 e. The number of carbonyl (C=O) groups is 5. The fourth-order valence-electron chi connectivity index (χ4n) is 6.82. The zero-order chi connectivity index (χ0) is 29.5. The summed E-state index contributed by atoms with van der Waals surface area (Å²) in [5.74, 6) is -4.75. The first-order chi connectivity index (χ1) is 20.3. The number of amides is 4. The summed E-state index contributed by atoms with van der Waals surface area (Å²) in [5.41, 5.74) is 9.01. The van der Waals surface area contributed by atoms with Gasteiger partial charge in [-0.1, -0.05) is 80.6 Å². The van der Waals surface area contributed by atoms with E-state index in [0.717, 1.165) is 27.2 Å². The summed E-state index contributed by atoms with van der Waals surface area (Å²) in [4.78, 5) is 67.3. The third-order valence-corrected chi connectivity index (χ3v) is 8.46. The lowest BCUT2D eigenvalue weighted by Gasteiger charge is -2.45. The predicted molar refractivity (Wildman–Crippen MR) is 152 cm³/mol. The van der Waals surface area contributed by atoms with Crippen molar-refractivity contribution in [2.45, 2.75) is 38.1 Å². The fraction of sp³-hybridized carbons (Fsp3) is 0.303. The van der Waals surface area contributed by atoms with E-state index in [-0.39, 0.29) is 36.0 Å². The first-order valence-electron chi connectivity index (χ1n) is 14.1. The molecule has 3 aromatic rings. The number of ether oxygens (including phenoxy) is 1. The van der Waals surface area contributed by atoms with Gasteiger partial charge >= 0.3 is 5.97 Å². The molecule has 1 aliphatic heterocycles. The van der Waals surface area contributed by atoms with Crippen LogP contribution < -0.4 is 10.9 Å². The fourth-order valence-corrected chi connectivity index (χ4v) is 6.82. The first-order valence-corrected chi connectivity index (χ1v) is 14.1. The van der Waals surface area contributed by atoms with Gasteiger partial charge in [0.15, 0.2) is 6.61 Å². The van der Waals surface area contributed by atoms with Crippen molar-refractivity contribution in [3.63, 3.8) is 0 Å². The Morgan fingerprint density at radius 3 is 1.69 bits per heavy atom. The van der Waals surface area contributed by atoms with E-state index in [4.69, 9.17) is 4.74 Å². The van der Waals surface area contributed by atoms with Gasteiger partial charge in [-0.25, -0.2) is 4.79 Å². The molecule has 214 valence electrons. The molecule has 3 aliphatic carbocycles. The molecule has 3 atom stereocenters. The summed E-state index contributed by atoms with van der Waals surface area (Å²) >= 11 is 0. The van der Waals surface area contributed by atoms with Gasteiger partial charge in [0.1, 0.15) is 6.04 Å². The summed E-state index contributed by atoms with van der Waals surface area (Å²) < 4.78 is 5.31. The number of benzene rings is 3. The molecule has 9 nitrogen and oxygen atoms in total. The number of likely N-dealkylation sites (tertiary alicyclic amines) is 1. The van der Waals surface area contributed by atoms with Crippen LogP contribution >= 0.6 is 0 Å². The van der Waals surface area contributed by atoms with Gasteiger partial charge in [0.2, 0.25) is 11.8 Å². The number of imide groups is 1. The van der Waals surface area contributed by atoms with E-state index in [0.29, 0.717) is 5.56 Å². The molecule has 0 saturated carbocycles. The number of nitrogens with zero attached hydrogens (tertiary/aromatic N) is 1. The van der Waals surface area contributed by atoms with Gasteiger partial charge in [0, 0.05) is 17.4 Å². The maximum Gasteiger partial charge on any atom is 0.329 e. The van der Waals surface area contributed by atoms with Crippen LogP contribution in [0.2, 0.25) is 0 Å². The monoisotopic (exact) mass is 565 g/mol. The Labute approximate surface area is 243 Å². The van der Waals surface area contributed by atoms with E-state index in [1.165, 1.54) is 0 Å². The third-order valence-electron chi connectivity index (χ3n) is 8.46. The van der Waals surface area contributed by atoms with E-state index < -0.39 is 42.3 Å². The van der Waals surface area contributed by atoms with Gasteiger partial charge < -0.3 is 4.74 Å². The Morgan fingerprint density at radius 2 is 1.21 bits per heavy atom. The highest BCUT2D eigenvalue weighted by atomic mass is 16.5. The van der Waals surface area contributed by atoms with Gasteiger partial charge in [-0.05, 0) is 46.7 Å². The number of nitrogens with one attached hydrogen (secondary N) is 2. The second-order valence-corrected chi connectivity index (χ2v) is 11.4. The zero-order valence-electron chi connectivity index (χ0n) is 23.3. The van der Waals surface area contributed by atoms with Crippen LogP contribution in [0.15, 0.2) is 78.9 Å². The number of carbonyl (C=O) groups excluding carboxylic acids is 5. The number of esters is 1. The molecule has 9 heteroatoms. The quantitative estimate of drug-likeness (QED) is 0.258. The van der Waals surface area contributed by atoms with Crippen LogP contribution in [0.1, 0.15) is 64.7 Å². The number of rotatable bonds is 7. The summed E-state index contributed by atoms with van der Waals surface area (Å²) in [6.07, 6.45) is 0.192. The molecule has 0 unspecified atom stereocenters. The van der Waals surface area contributed by atoms with Crippen LogP contribution in [0.4, 0.5) is 0 Å². The SMILES string of the molecule is CC(C)C[C@H](C(=O)OCC(=O)NNC(=O)c1ccccc1)N1C(=O)[C@@H]2C3c4ccccc4C(c4ccccc43)[C@H]2C1=O. The second kappa shape index (κ2) is 10.9. The van der Waals surface area contributed by atoms with Crippen molar-refractivity contribution >= 4 is 29.6 Å². The van der Waals surface area contributed by atoms with Crippen LogP contribution in [0, 0.1) is 17.8 Å². The first kappa shape index (κ1) is 27.4. The minimum Gasteiger partial charge on any atom is -0.454 e. The van der Waals surface area contributed by atoms with Crippen molar-refractivity contribution in [3.05, 3.63) is 107 Å². The highest BCUT2D eigenvalue weighted by Gasteiger charge is 2.63. The van der Waals surface area contributed by atoms with Crippen LogP contribution in [-0.2, 0) is 23.9 Å².